The van der Waals surface area contributed by atoms with Gasteiger partial charge in [0.2, 0.25) is 0 Å². The van der Waals surface area contributed by atoms with Crippen molar-refractivity contribution in [3.8, 4) is 11.5 Å². The number of hydrogen-bond acceptors (Lipinski definition) is 9. The second-order valence-electron chi connectivity index (χ2n) is 11.6. The van der Waals surface area contributed by atoms with Gasteiger partial charge in [0.25, 0.3) is 0 Å². The Hall–Kier alpha value is -5.48. The van der Waals surface area contributed by atoms with Crippen molar-refractivity contribution in [2.24, 2.45) is 4.99 Å². The van der Waals surface area contributed by atoms with Gasteiger partial charge in [-0.05, 0) is 78.9 Å². The van der Waals surface area contributed by atoms with Crippen LogP contribution in [0.3, 0.4) is 0 Å². The van der Waals surface area contributed by atoms with E-state index in [1.165, 1.54) is 0 Å². The van der Waals surface area contributed by atoms with Crippen molar-refractivity contribution in [2.75, 3.05) is 0 Å². The maximum absolute atomic E-state index is 11.9. The van der Waals surface area contributed by atoms with E-state index in [2.05, 4.69) is 34.7 Å². The van der Waals surface area contributed by atoms with E-state index < -0.39 is 0 Å². The smallest absolute Gasteiger partial charge is 0.132 e. The van der Waals surface area contributed by atoms with Crippen LogP contribution >= 0.6 is 11.6 Å². The van der Waals surface area contributed by atoms with Gasteiger partial charge in [-0.1, -0.05) is 35.9 Å². The van der Waals surface area contributed by atoms with E-state index >= 15 is 0 Å². The summed E-state index contributed by atoms with van der Waals surface area (Å²) in [6, 6.07) is 32.1. The number of nitrogens with zero attached hydrogens (tertiary/aromatic N) is 7. The number of hydrogen-bond donors (Lipinski definition) is 2. The molecule has 0 aliphatic heterocycles. The number of halogens is 1. The van der Waals surface area contributed by atoms with E-state index in [-0.39, 0.29) is 18.0 Å². The highest BCUT2D eigenvalue weighted by molar-refractivity contribution is 6.30. The van der Waals surface area contributed by atoms with Crippen molar-refractivity contribution in [1.82, 2.24) is 29.7 Å². The topological polar surface area (TPSA) is 111 Å². The zero-order valence-corrected chi connectivity index (χ0v) is 27.6. The molecule has 9 nitrogen and oxygen atoms in total. The lowest BCUT2D eigenvalue weighted by Crippen LogP contribution is -2.25. The van der Waals surface area contributed by atoms with Gasteiger partial charge in [-0.2, -0.15) is 0 Å². The predicted molar refractivity (Wildman–Crippen MR) is 191 cm³/mol. The molecule has 4 aromatic heterocycles. The van der Waals surface area contributed by atoms with E-state index in [1.807, 2.05) is 72.8 Å². The summed E-state index contributed by atoms with van der Waals surface area (Å²) in [7, 11) is 0. The van der Waals surface area contributed by atoms with Crippen LogP contribution in [0.25, 0.3) is 0 Å². The third-order valence-electron chi connectivity index (χ3n) is 7.88. The Morgan fingerprint density at radius 1 is 0.551 bits per heavy atom. The van der Waals surface area contributed by atoms with Gasteiger partial charge < -0.3 is 10.2 Å². The normalized spacial score (nSPS) is 11.5. The Bertz CT molecular complexity index is 1860. The van der Waals surface area contributed by atoms with Crippen LogP contribution < -0.4 is 0 Å². The molecule has 0 radical (unpaired) electrons. The Morgan fingerprint density at radius 2 is 1.00 bits per heavy atom. The fourth-order valence-electron chi connectivity index (χ4n) is 5.53. The van der Waals surface area contributed by atoms with E-state index in [9.17, 15) is 10.2 Å². The molecule has 4 heterocycles. The quantitative estimate of drug-likeness (QED) is 0.115. The molecule has 0 saturated heterocycles. The molecule has 0 bridgehead atoms. The van der Waals surface area contributed by atoms with Crippen molar-refractivity contribution in [3.63, 3.8) is 0 Å². The monoisotopic (exact) mass is 669 g/mol. The molecule has 0 fully saturated rings. The average molecular weight is 670 g/mol. The third kappa shape index (κ3) is 9.55. The highest BCUT2D eigenvalue weighted by Gasteiger charge is 2.22. The molecule has 49 heavy (non-hydrogen) atoms. The molecule has 0 aliphatic carbocycles. The molecular formula is C39H36ClN7O2. The highest BCUT2D eigenvalue weighted by Crippen LogP contribution is 2.37. The van der Waals surface area contributed by atoms with Crippen molar-refractivity contribution in [1.29, 1.82) is 0 Å². The van der Waals surface area contributed by atoms with Gasteiger partial charge in [0.15, 0.2) is 0 Å². The molecule has 2 N–H and O–H groups in total. The number of phenolic OH excluding ortho intramolecular Hbond substituents is 2. The lowest BCUT2D eigenvalue weighted by Gasteiger charge is -2.26. The van der Waals surface area contributed by atoms with Crippen molar-refractivity contribution in [3.05, 3.63) is 172 Å². The van der Waals surface area contributed by atoms with Gasteiger partial charge in [-0.15, -0.1) is 0 Å². The van der Waals surface area contributed by atoms with Crippen LogP contribution in [0.2, 0.25) is 5.02 Å². The fraction of sp³-hybridized carbons (Fsp3) is 0.154. The van der Waals surface area contributed by atoms with Crippen LogP contribution in [0.1, 0.15) is 39.5 Å². The van der Waals surface area contributed by atoms with E-state index in [4.69, 9.17) is 11.6 Å². The lowest BCUT2D eigenvalue weighted by atomic mass is 10.0. The number of aliphatic imine (C=N–C) groups is 1. The van der Waals surface area contributed by atoms with Crippen LogP contribution in [-0.4, -0.2) is 46.2 Å². The van der Waals surface area contributed by atoms with Crippen LogP contribution in [0.4, 0.5) is 5.69 Å². The van der Waals surface area contributed by atoms with Crippen LogP contribution in [-0.2, 0) is 39.3 Å². The number of benzene rings is 2. The van der Waals surface area contributed by atoms with Crippen LogP contribution in [0.15, 0.2) is 133 Å². The standard InChI is InChI=1S/C39H36ClN7O2/c40-31-13-15-32(16-14-31)45-22-29-21-30(23-46(24-33-9-1-5-17-41-33)25-34-10-2-6-18-42-34)39(49)37(38(29)48)28-47(26-35-11-3-7-19-43-35)27-36-12-4-8-20-44-36/h1-22,48-49H,23-28H2. The summed E-state index contributed by atoms with van der Waals surface area (Å²) in [5.41, 5.74) is 5.66. The van der Waals surface area contributed by atoms with Crippen molar-refractivity contribution in [2.45, 2.75) is 39.3 Å². The number of aromatic nitrogens is 4. The lowest BCUT2D eigenvalue weighted by molar-refractivity contribution is 0.228. The van der Waals surface area contributed by atoms with E-state index in [1.54, 1.807) is 61.3 Å². The van der Waals surface area contributed by atoms with Crippen molar-refractivity contribution < 1.29 is 10.2 Å². The fourth-order valence-corrected chi connectivity index (χ4v) is 5.65. The van der Waals surface area contributed by atoms with Crippen LogP contribution in [0, 0.1) is 0 Å². The van der Waals surface area contributed by atoms with Crippen molar-refractivity contribution >= 4 is 23.5 Å². The summed E-state index contributed by atoms with van der Waals surface area (Å²) in [5.74, 6) is -0.0350. The van der Waals surface area contributed by atoms with Crippen LogP contribution in [0.5, 0.6) is 11.5 Å². The van der Waals surface area contributed by atoms with Gasteiger partial charge in [0.05, 0.1) is 34.0 Å². The molecule has 0 aliphatic rings. The maximum Gasteiger partial charge on any atom is 0.132 e. The van der Waals surface area contributed by atoms with Gasteiger partial charge in [0, 0.05) is 86.4 Å². The van der Waals surface area contributed by atoms with Gasteiger partial charge in [-0.3, -0.25) is 34.7 Å². The van der Waals surface area contributed by atoms with Gasteiger partial charge >= 0.3 is 0 Å². The van der Waals surface area contributed by atoms with Gasteiger partial charge in [-0.25, -0.2) is 0 Å². The number of pyridine rings is 4. The first-order valence-electron chi connectivity index (χ1n) is 15.9. The first kappa shape index (κ1) is 33.4. The molecule has 246 valence electrons. The second kappa shape index (κ2) is 16.6. The average Bonchev–Trinajstić information content (AvgIpc) is 3.13. The Balaban J connectivity index is 1.39. The minimum absolute atomic E-state index is 0.0141. The summed E-state index contributed by atoms with van der Waals surface area (Å²) < 4.78 is 0. The molecule has 0 atom stereocenters. The Labute approximate surface area is 290 Å². The molecule has 0 amide bonds. The number of aromatic hydroxyl groups is 2. The molecule has 6 aromatic rings. The largest absolute Gasteiger partial charge is 0.507 e. The zero-order valence-electron chi connectivity index (χ0n) is 26.8. The summed E-state index contributed by atoms with van der Waals surface area (Å²) in [5, 5.41) is 24.3. The number of phenols is 2. The maximum atomic E-state index is 11.9. The third-order valence-corrected chi connectivity index (χ3v) is 8.13. The molecule has 10 heteroatoms. The Morgan fingerprint density at radius 3 is 1.43 bits per heavy atom. The minimum atomic E-state index is -0.0491. The second-order valence-corrected chi connectivity index (χ2v) is 12.0. The van der Waals surface area contributed by atoms with Gasteiger partial charge in [0.1, 0.15) is 11.5 Å². The molecule has 0 saturated carbocycles. The molecule has 2 aromatic carbocycles. The summed E-state index contributed by atoms with van der Waals surface area (Å²) in [6.45, 7) is 2.56. The van der Waals surface area contributed by atoms with E-state index in [0.29, 0.717) is 60.1 Å². The highest BCUT2D eigenvalue weighted by atomic mass is 35.5. The first-order chi connectivity index (χ1) is 24.0. The Kier molecular flexibility index (Phi) is 11.3. The summed E-state index contributed by atoms with van der Waals surface area (Å²) in [6.07, 6.45) is 8.68. The SMILES string of the molecule is Oc1c(C=Nc2ccc(Cl)cc2)cc(CN(Cc2ccccn2)Cc2ccccn2)c(O)c1CN(Cc1ccccn1)Cc1ccccn1. The zero-order chi connectivity index (χ0) is 33.8. The number of rotatable bonds is 14. The summed E-state index contributed by atoms with van der Waals surface area (Å²) >= 11 is 6.10. The molecule has 6 rings (SSSR count). The molecular weight excluding hydrogens is 634 g/mol. The first-order valence-corrected chi connectivity index (χ1v) is 16.3. The molecule has 0 unspecified atom stereocenters. The predicted octanol–water partition coefficient (Wildman–Crippen LogP) is 7.49. The molecule has 0 spiro atoms. The minimum Gasteiger partial charge on any atom is -0.507 e. The van der Waals surface area contributed by atoms with E-state index in [0.717, 1.165) is 22.8 Å². The summed E-state index contributed by atoms with van der Waals surface area (Å²) in [4.78, 5) is 27.1.